The number of halogens is 1. The maximum Gasteiger partial charge on any atom is 0.222 e. The number of rotatable bonds is 3. The molecule has 0 fully saturated rings. The average Bonchev–Trinajstić information content (AvgIpc) is 2.31. The Kier molecular flexibility index (Phi) is 3.54. The zero-order valence-corrected chi connectivity index (χ0v) is 10.4. The minimum atomic E-state index is 0.321. The van der Waals surface area contributed by atoms with Gasteiger partial charge < -0.3 is 4.74 Å². The highest BCUT2D eigenvalue weighted by Crippen LogP contribution is 2.26. The molecule has 0 saturated heterocycles. The van der Waals surface area contributed by atoms with Crippen molar-refractivity contribution >= 4 is 11.6 Å². The van der Waals surface area contributed by atoms with Gasteiger partial charge in [0.2, 0.25) is 5.88 Å². The summed E-state index contributed by atoms with van der Waals surface area (Å²) >= 11 is 5.91. The van der Waals surface area contributed by atoms with Gasteiger partial charge in [-0.2, -0.15) is 4.98 Å². The molecule has 0 N–H and O–H groups in total. The predicted molar refractivity (Wildman–Crippen MR) is 65.5 cm³/mol. The molecule has 2 aromatic heterocycles. The summed E-state index contributed by atoms with van der Waals surface area (Å²) in [5, 5.41) is 0.321. The summed E-state index contributed by atoms with van der Waals surface area (Å²) in [6.07, 6.45) is 2.44. The van der Waals surface area contributed by atoms with Gasteiger partial charge in [0.05, 0.1) is 0 Å². The summed E-state index contributed by atoms with van der Waals surface area (Å²) in [5.41, 5.74) is 0.938. The van der Waals surface area contributed by atoms with Crippen LogP contribution in [0.15, 0.2) is 24.4 Å². The second-order valence-corrected chi connectivity index (χ2v) is 3.85. The quantitative estimate of drug-likeness (QED) is 0.784. The van der Waals surface area contributed by atoms with Crippen molar-refractivity contribution < 1.29 is 4.74 Å². The van der Waals surface area contributed by atoms with Crippen LogP contribution in [-0.2, 0) is 6.42 Å². The molecule has 17 heavy (non-hydrogen) atoms. The highest BCUT2D eigenvalue weighted by Gasteiger charge is 2.06. The Hall–Kier alpha value is -1.68. The van der Waals surface area contributed by atoms with E-state index in [0.717, 1.165) is 12.1 Å². The molecule has 2 aromatic rings. The third kappa shape index (κ3) is 2.91. The fraction of sp³-hybridized carbons (Fsp3) is 0.250. The van der Waals surface area contributed by atoms with Crippen LogP contribution in [-0.4, -0.2) is 15.0 Å². The summed E-state index contributed by atoms with van der Waals surface area (Å²) < 4.78 is 5.59. The third-order valence-corrected chi connectivity index (χ3v) is 2.45. The molecular formula is C12H12ClN3O. The van der Waals surface area contributed by atoms with Gasteiger partial charge in [-0.3, -0.25) is 0 Å². The SMILES string of the molecule is CCc1cc(Oc2cccnc2Cl)nc(C)n1. The first-order chi connectivity index (χ1) is 8.19. The fourth-order valence-corrected chi connectivity index (χ4v) is 1.55. The Labute approximate surface area is 105 Å². The zero-order valence-electron chi connectivity index (χ0n) is 9.64. The van der Waals surface area contributed by atoms with Crippen molar-refractivity contribution in [3.63, 3.8) is 0 Å². The average molecular weight is 250 g/mol. The topological polar surface area (TPSA) is 47.9 Å². The summed E-state index contributed by atoms with van der Waals surface area (Å²) in [4.78, 5) is 12.4. The van der Waals surface area contributed by atoms with Crippen LogP contribution in [0, 0.1) is 6.92 Å². The highest BCUT2D eigenvalue weighted by atomic mass is 35.5. The lowest BCUT2D eigenvalue weighted by molar-refractivity contribution is 0.456. The smallest absolute Gasteiger partial charge is 0.222 e. The normalized spacial score (nSPS) is 10.3. The number of aromatic nitrogens is 3. The molecule has 0 aliphatic heterocycles. The Bertz CT molecular complexity index is 531. The maximum atomic E-state index is 5.91. The van der Waals surface area contributed by atoms with Crippen LogP contribution in [0.1, 0.15) is 18.4 Å². The summed E-state index contributed by atoms with van der Waals surface area (Å²) in [6.45, 7) is 3.86. The summed E-state index contributed by atoms with van der Waals surface area (Å²) in [6, 6.07) is 5.31. The lowest BCUT2D eigenvalue weighted by Crippen LogP contribution is -1.97. The molecule has 4 nitrogen and oxygen atoms in total. The van der Waals surface area contributed by atoms with Gasteiger partial charge in [0.25, 0.3) is 0 Å². The van der Waals surface area contributed by atoms with Crippen molar-refractivity contribution in [3.8, 4) is 11.6 Å². The molecule has 0 bridgehead atoms. The molecule has 0 aliphatic rings. The van der Waals surface area contributed by atoms with E-state index >= 15 is 0 Å². The summed E-state index contributed by atoms with van der Waals surface area (Å²) in [7, 11) is 0. The number of pyridine rings is 1. The largest absolute Gasteiger partial charge is 0.436 e. The first-order valence-corrected chi connectivity index (χ1v) is 5.69. The number of aryl methyl sites for hydroxylation is 2. The fourth-order valence-electron chi connectivity index (χ4n) is 1.39. The highest BCUT2D eigenvalue weighted by molar-refractivity contribution is 6.30. The van der Waals surface area contributed by atoms with Crippen molar-refractivity contribution in [3.05, 3.63) is 41.1 Å². The lowest BCUT2D eigenvalue weighted by Gasteiger charge is -2.07. The van der Waals surface area contributed by atoms with Gasteiger partial charge in [0, 0.05) is 18.0 Å². The molecule has 2 rings (SSSR count). The van der Waals surface area contributed by atoms with E-state index in [0.29, 0.717) is 22.6 Å². The second-order valence-electron chi connectivity index (χ2n) is 3.49. The zero-order chi connectivity index (χ0) is 12.3. The number of nitrogens with zero attached hydrogens (tertiary/aromatic N) is 3. The Balaban J connectivity index is 2.30. The van der Waals surface area contributed by atoms with Crippen molar-refractivity contribution in [1.29, 1.82) is 0 Å². The molecule has 0 atom stereocenters. The van der Waals surface area contributed by atoms with E-state index in [9.17, 15) is 0 Å². The Morgan fingerprint density at radius 2 is 2.18 bits per heavy atom. The van der Waals surface area contributed by atoms with Crippen LogP contribution in [0.5, 0.6) is 11.6 Å². The van der Waals surface area contributed by atoms with Gasteiger partial charge in [0.1, 0.15) is 5.82 Å². The van der Waals surface area contributed by atoms with Gasteiger partial charge in [0.15, 0.2) is 10.9 Å². The van der Waals surface area contributed by atoms with Crippen molar-refractivity contribution in [2.75, 3.05) is 0 Å². The first kappa shape index (κ1) is 11.8. The van der Waals surface area contributed by atoms with Gasteiger partial charge in [-0.25, -0.2) is 9.97 Å². The van der Waals surface area contributed by atoms with Crippen LogP contribution in [0.25, 0.3) is 0 Å². The molecule has 0 amide bonds. The van der Waals surface area contributed by atoms with Crippen LogP contribution in [0.2, 0.25) is 5.15 Å². The predicted octanol–water partition coefficient (Wildman–Crippen LogP) is 3.19. The van der Waals surface area contributed by atoms with E-state index in [1.807, 2.05) is 13.8 Å². The van der Waals surface area contributed by atoms with Gasteiger partial charge in [-0.05, 0) is 25.5 Å². The van der Waals surface area contributed by atoms with Gasteiger partial charge in [-0.15, -0.1) is 0 Å². The van der Waals surface area contributed by atoms with Crippen LogP contribution in [0.4, 0.5) is 0 Å². The van der Waals surface area contributed by atoms with Gasteiger partial charge >= 0.3 is 0 Å². The number of hydrogen-bond donors (Lipinski definition) is 0. The standard InChI is InChI=1S/C12H12ClN3O/c1-3-9-7-11(16-8(2)15-9)17-10-5-4-6-14-12(10)13/h4-7H,3H2,1-2H3. The molecular weight excluding hydrogens is 238 g/mol. The third-order valence-electron chi connectivity index (χ3n) is 2.17. The molecule has 0 spiro atoms. The minimum Gasteiger partial charge on any atom is -0.436 e. The molecule has 0 unspecified atom stereocenters. The molecule has 0 radical (unpaired) electrons. The van der Waals surface area contributed by atoms with Gasteiger partial charge in [-0.1, -0.05) is 18.5 Å². The van der Waals surface area contributed by atoms with E-state index in [4.69, 9.17) is 16.3 Å². The molecule has 0 aliphatic carbocycles. The van der Waals surface area contributed by atoms with E-state index in [2.05, 4.69) is 15.0 Å². The number of ether oxygens (including phenoxy) is 1. The van der Waals surface area contributed by atoms with E-state index in [1.54, 1.807) is 24.4 Å². The van der Waals surface area contributed by atoms with Crippen LogP contribution >= 0.6 is 11.6 Å². The van der Waals surface area contributed by atoms with Crippen molar-refractivity contribution in [2.24, 2.45) is 0 Å². The molecule has 2 heterocycles. The van der Waals surface area contributed by atoms with E-state index in [-0.39, 0.29) is 0 Å². The van der Waals surface area contributed by atoms with Crippen LogP contribution in [0.3, 0.4) is 0 Å². The number of hydrogen-bond acceptors (Lipinski definition) is 4. The van der Waals surface area contributed by atoms with Crippen molar-refractivity contribution in [2.45, 2.75) is 20.3 Å². The second kappa shape index (κ2) is 5.10. The Morgan fingerprint density at radius 1 is 1.35 bits per heavy atom. The molecule has 0 aromatic carbocycles. The lowest BCUT2D eigenvalue weighted by atomic mass is 10.3. The molecule has 5 heteroatoms. The van der Waals surface area contributed by atoms with Crippen molar-refractivity contribution in [1.82, 2.24) is 15.0 Å². The minimum absolute atomic E-state index is 0.321. The monoisotopic (exact) mass is 249 g/mol. The van der Waals surface area contributed by atoms with Crippen LogP contribution < -0.4 is 4.74 Å². The van der Waals surface area contributed by atoms with E-state index in [1.165, 1.54) is 0 Å². The molecule has 88 valence electrons. The Morgan fingerprint density at radius 3 is 2.88 bits per heavy atom. The summed E-state index contributed by atoms with van der Waals surface area (Å²) in [5.74, 6) is 1.66. The van der Waals surface area contributed by atoms with E-state index < -0.39 is 0 Å². The maximum absolute atomic E-state index is 5.91. The first-order valence-electron chi connectivity index (χ1n) is 5.32. The molecule has 0 saturated carbocycles.